The molecule has 2 rings (SSSR count). The molecule has 0 saturated carbocycles. The van der Waals surface area contributed by atoms with Crippen molar-refractivity contribution in [1.29, 1.82) is 0 Å². The van der Waals surface area contributed by atoms with Gasteiger partial charge in [0.25, 0.3) is 0 Å². The summed E-state index contributed by atoms with van der Waals surface area (Å²) in [5.41, 5.74) is 0. The van der Waals surface area contributed by atoms with E-state index in [2.05, 4.69) is 4.72 Å². The van der Waals surface area contributed by atoms with Crippen molar-refractivity contribution in [2.24, 2.45) is 0 Å². The lowest BCUT2D eigenvalue weighted by atomic mass is 10.3. The minimum atomic E-state index is -3.80. The molecule has 118 valence electrons. The Bertz CT molecular complexity index is 726. The van der Waals surface area contributed by atoms with E-state index in [0.29, 0.717) is 11.5 Å². The molecule has 0 aliphatic carbocycles. The van der Waals surface area contributed by atoms with Crippen molar-refractivity contribution < 1.29 is 26.3 Å². The Hall–Kier alpha value is -1.32. The van der Waals surface area contributed by atoms with Crippen molar-refractivity contribution >= 4 is 19.9 Å². The maximum Gasteiger partial charge on any atom is 0.240 e. The Labute approximate surface area is 124 Å². The van der Waals surface area contributed by atoms with Crippen molar-refractivity contribution in [3.8, 4) is 11.5 Å². The van der Waals surface area contributed by atoms with E-state index in [9.17, 15) is 16.8 Å². The third kappa shape index (κ3) is 3.66. The number of sulfonamides is 1. The number of ether oxygens (including phenoxy) is 2. The first-order valence-electron chi connectivity index (χ1n) is 6.22. The molecule has 21 heavy (non-hydrogen) atoms. The van der Waals surface area contributed by atoms with Gasteiger partial charge in [-0.25, -0.2) is 21.6 Å². The van der Waals surface area contributed by atoms with Crippen LogP contribution in [0.2, 0.25) is 0 Å². The number of hydrogen-bond donors (Lipinski definition) is 1. The fourth-order valence-corrected chi connectivity index (χ4v) is 5.22. The van der Waals surface area contributed by atoms with E-state index in [0.717, 1.165) is 0 Å². The van der Waals surface area contributed by atoms with E-state index in [1.165, 1.54) is 32.4 Å². The van der Waals surface area contributed by atoms with Crippen LogP contribution in [0.4, 0.5) is 0 Å². The Morgan fingerprint density at radius 2 is 1.86 bits per heavy atom. The van der Waals surface area contributed by atoms with Crippen LogP contribution in [0.3, 0.4) is 0 Å². The molecule has 1 heterocycles. The van der Waals surface area contributed by atoms with Gasteiger partial charge >= 0.3 is 0 Å². The highest BCUT2D eigenvalue weighted by Crippen LogP contribution is 2.29. The van der Waals surface area contributed by atoms with Crippen LogP contribution < -0.4 is 14.2 Å². The van der Waals surface area contributed by atoms with Gasteiger partial charge in [-0.15, -0.1) is 0 Å². The summed E-state index contributed by atoms with van der Waals surface area (Å²) >= 11 is 0. The van der Waals surface area contributed by atoms with E-state index in [-0.39, 0.29) is 22.8 Å². The molecule has 7 nitrogen and oxygen atoms in total. The molecule has 0 bridgehead atoms. The molecule has 1 aliphatic rings. The molecule has 1 aromatic carbocycles. The molecule has 1 N–H and O–H groups in total. The molecule has 1 aliphatic heterocycles. The smallest absolute Gasteiger partial charge is 0.240 e. The van der Waals surface area contributed by atoms with E-state index >= 15 is 0 Å². The Morgan fingerprint density at radius 1 is 1.19 bits per heavy atom. The Kier molecular flexibility index (Phi) is 4.45. The Balaban J connectivity index is 2.24. The molecule has 0 amide bonds. The monoisotopic (exact) mass is 335 g/mol. The van der Waals surface area contributed by atoms with Gasteiger partial charge in [0.05, 0.1) is 30.6 Å². The summed E-state index contributed by atoms with van der Waals surface area (Å²) in [5.74, 6) is 0.547. The van der Waals surface area contributed by atoms with Crippen LogP contribution in [-0.4, -0.2) is 48.6 Å². The first kappa shape index (κ1) is 16.1. The summed E-state index contributed by atoms with van der Waals surface area (Å²) < 4.78 is 59.8. The fourth-order valence-electron chi connectivity index (χ4n) is 2.16. The van der Waals surface area contributed by atoms with Gasteiger partial charge in [-0.05, 0) is 18.6 Å². The van der Waals surface area contributed by atoms with Crippen LogP contribution in [0.5, 0.6) is 11.5 Å². The molecule has 1 aromatic rings. The molecule has 0 unspecified atom stereocenters. The molecule has 1 atom stereocenters. The van der Waals surface area contributed by atoms with Crippen LogP contribution >= 0.6 is 0 Å². The number of sulfone groups is 1. The van der Waals surface area contributed by atoms with E-state index in [1.54, 1.807) is 0 Å². The van der Waals surface area contributed by atoms with Gasteiger partial charge in [0, 0.05) is 12.1 Å². The minimum absolute atomic E-state index is 0.00412. The topological polar surface area (TPSA) is 98.8 Å². The highest BCUT2D eigenvalue weighted by atomic mass is 32.2. The van der Waals surface area contributed by atoms with Gasteiger partial charge in [0.1, 0.15) is 0 Å². The van der Waals surface area contributed by atoms with E-state index < -0.39 is 25.9 Å². The first-order chi connectivity index (χ1) is 9.77. The average molecular weight is 335 g/mol. The standard InChI is InChI=1S/C12H17NO6S2/c1-18-11-4-3-10(7-12(11)19-2)21(16,17)13-9-5-6-20(14,15)8-9/h3-4,7,9,13H,5-6,8H2,1-2H3/t9-/m1/s1. The number of nitrogens with one attached hydrogen (secondary N) is 1. The second kappa shape index (κ2) is 5.82. The third-order valence-corrected chi connectivity index (χ3v) is 6.51. The van der Waals surface area contributed by atoms with Crippen molar-refractivity contribution in [1.82, 2.24) is 4.72 Å². The second-order valence-corrected chi connectivity index (χ2v) is 8.68. The molecule has 0 spiro atoms. The summed E-state index contributed by atoms with van der Waals surface area (Å²) in [6, 6.07) is 3.62. The van der Waals surface area contributed by atoms with Crippen molar-refractivity contribution in [3.05, 3.63) is 18.2 Å². The van der Waals surface area contributed by atoms with Crippen LogP contribution in [-0.2, 0) is 19.9 Å². The predicted molar refractivity (Wildman–Crippen MR) is 76.9 cm³/mol. The zero-order valence-corrected chi connectivity index (χ0v) is 13.3. The lowest BCUT2D eigenvalue weighted by Crippen LogP contribution is -2.35. The zero-order chi connectivity index (χ0) is 15.7. The second-order valence-electron chi connectivity index (χ2n) is 4.74. The molecule has 9 heteroatoms. The minimum Gasteiger partial charge on any atom is -0.493 e. The Morgan fingerprint density at radius 3 is 2.38 bits per heavy atom. The first-order valence-corrected chi connectivity index (χ1v) is 9.52. The van der Waals surface area contributed by atoms with Gasteiger partial charge < -0.3 is 9.47 Å². The quantitative estimate of drug-likeness (QED) is 0.823. The van der Waals surface area contributed by atoms with Crippen LogP contribution in [0, 0.1) is 0 Å². The summed E-state index contributed by atoms with van der Waals surface area (Å²) in [5, 5.41) is 0. The van der Waals surface area contributed by atoms with E-state index in [1.807, 2.05) is 0 Å². The van der Waals surface area contributed by atoms with Gasteiger partial charge in [0.2, 0.25) is 10.0 Å². The summed E-state index contributed by atoms with van der Waals surface area (Å²) in [4.78, 5) is 0.00412. The van der Waals surface area contributed by atoms with Gasteiger partial charge in [-0.1, -0.05) is 0 Å². The lowest BCUT2D eigenvalue weighted by Gasteiger charge is -2.13. The molecule has 0 aromatic heterocycles. The zero-order valence-electron chi connectivity index (χ0n) is 11.7. The fraction of sp³-hybridized carbons (Fsp3) is 0.500. The molecular weight excluding hydrogens is 318 g/mol. The van der Waals surface area contributed by atoms with E-state index in [4.69, 9.17) is 9.47 Å². The summed E-state index contributed by atoms with van der Waals surface area (Å²) in [7, 11) is -4.09. The van der Waals surface area contributed by atoms with Crippen LogP contribution in [0.15, 0.2) is 23.1 Å². The van der Waals surface area contributed by atoms with Gasteiger partial charge in [0.15, 0.2) is 21.3 Å². The SMILES string of the molecule is COc1ccc(S(=O)(=O)N[C@@H]2CCS(=O)(=O)C2)cc1OC. The van der Waals surface area contributed by atoms with Gasteiger partial charge in [-0.2, -0.15) is 0 Å². The highest BCUT2D eigenvalue weighted by Gasteiger charge is 2.31. The molecule has 1 fully saturated rings. The van der Waals surface area contributed by atoms with Crippen LogP contribution in [0.25, 0.3) is 0 Å². The number of hydrogen-bond acceptors (Lipinski definition) is 6. The largest absolute Gasteiger partial charge is 0.493 e. The van der Waals surface area contributed by atoms with Gasteiger partial charge in [-0.3, -0.25) is 0 Å². The molecular formula is C12H17NO6S2. The maximum atomic E-state index is 12.3. The maximum absolute atomic E-state index is 12.3. The van der Waals surface area contributed by atoms with Crippen molar-refractivity contribution in [2.75, 3.05) is 25.7 Å². The van der Waals surface area contributed by atoms with Crippen LogP contribution in [0.1, 0.15) is 6.42 Å². The number of benzene rings is 1. The summed E-state index contributed by atoms with van der Waals surface area (Å²) in [6.45, 7) is 0. The predicted octanol–water partition coefficient (Wildman–Crippen LogP) is 0.169. The third-order valence-electron chi connectivity index (χ3n) is 3.22. The summed E-state index contributed by atoms with van der Waals surface area (Å²) in [6.07, 6.45) is 0.287. The molecule has 1 saturated heterocycles. The lowest BCUT2D eigenvalue weighted by molar-refractivity contribution is 0.354. The average Bonchev–Trinajstić information content (AvgIpc) is 2.76. The number of rotatable bonds is 5. The van der Waals surface area contributed by atoms with Crippen molar-refractivity contribution in [3.63, 3.8) is 0 Å². The molecule has 0 radical (unpaired) electrons. The highest BCUT2D eigenvalue weighted by molar-refractivity contribution is 7.92. The number of methoxy groups -OCH3 is 2. The normalized spacial score (nSPS) is 21.1. The van der Waals surface area contributed by atoms with Crippen molar-refractivity contribution in [2.45, 2.75) is 17.4 Å².